The summed E-state index contributed by atoms with van der Waals surface area (Å²) in [6, 6.07) is 9.16. The molecule has 0 spiro atoms. The largest absolute Gasteiger partial charge is 0.445 e. The minimum Gasteiger partial charge on any atom is -0.445 e. The second kappa shape index (κ2) is 8.41. The van der Waals surface area contributed by atoms with Crippen LogP contribution in [0.5, 0.6) is 0 Å². The molecule has 1 aliphatic rings. The fraction of sp³-hybridized carbons (Fsp3) is 0.529. The molecule has 2 amide bonds. The van der Waals surface area contributed by atoms with Gasteiger partial charge in [0.2, 0.25) is 5.91 Å². The number of ether oxygens (including phenoxy) is 1. The summed E-state index contributed by atoms with van der Waals surface area (Å²) in [7, 11) is 0. The fourth-order valence-corrected chi connectivity index (χ4v) is 2.57. The minimum absolute atomic E-state index is 0.0670. The molecule has 5 nitrogen and oxygen atoms in total. The fourth-order valence-electron chi connectivity index (χ4n) is 2.57. The van der Waals surface area contributed by atoms with Crippen molar-refractivity contribution in [1.29, 1.82) is 0 Å². The molecule has 0 unspecified atom stereocenters. The number of nitrogens with zero attached hydrogens (tertiary/aromatic N) is 1. The SMILES string of the molecule is CCCCNC(=O)[C@@H]1CCCN1C(=O)OCc1ccccc1. The predicted octanol–water partition coefficient (Wildman–Crippen LogP) is 2.70. The molecular formula is C17H24N2O3. The summed E-state index contributed by atoms with van der Waals surface area (Å²) in [5, 5.41) is 2.90. The topological polar surface area (TPSA) is 58.6 Å². The van der Waals surface area contributed by atoms with Gasteiger partial charge in [-0.3, -0.25) is 9.69 Å². The second-order valence-corrected chi connectivity index (χ2v) is 5.54. The highest BCUT2D eigenvalue weighted by molar-refractivity contribution is 5.86. The van der Waals surface area contributed by atoms with Crippen molar-refractivity contribution in [1.82, 2.24) is 10.2 Å². The summed E-state index contributed by atoms with van der Waals surface area (Å²) >= 11 is 0. The third kappa shape index (κ3) is 4.48. The zero-order valence-corrected chi connectivity index (χ0v) is 13.1. The number of hydrogen-bond acceptors (Lipinski definition) is 3. The molecule has 1 atom stereocenters. The normalized spacial score (nSPS) is 17.3. The lowest BCUT2D eigenvalue weighted by Gasteiger charge is -2.23. The van der Waals surface area contributed by atoms with Crippen LogP contribution in [0.15, 0.2) is 30.3 Å². The van der Waals surface area contributed by atoms with Gasteiger partial charge < -0.3 is 10.1 Å². The first kappa shape index (κ1) is 16.3. The zero-order valence-electron chi connectivity index (χ0n) is 13.1. The summed E-state index contributed by atoms with van der Waals surface area (Å²) < 4.78 is 5.33. The van der Waals surface area contributed by atoms with Gasteiger partial charge in [0.25, 0.3) is 0 Å². The molecule has 22 heavy (non-hydrogen) atoms. The monoisotopic (exact) mass is 304 g/mol. The van der Waals surface area contributed by atoms with Crippen LogP contribution in [0.3, 0.4) is 0 Å². The Morgan fingerprint density at radius 3 is 2.82 bits per heavy atom. The standard InChI is InChI=1S/C17H24N2O3/c1-2-3-11-18-16(20)15-10-7-12-19(15)17(21)22-13-14-8-5-4-6-9-14/h4-6,8-9,15H,2-3,7,10-13H2,1H3,(H,18,20)/t15-/m0/s1. The highest BCUT2D eigenvalue weighted by Gasteiger charge is 2.34. The highest BCUT2D eigenvalue weighted by atomic mass is 16.6. The maximum Gasteiger partial charge on any atom is 0.410 e. The van der Waals surface area contributed by atoms with E-state index in [-0.39, 0.29) is 18.6 Å². The number of carbonyl (C=O) groups excluding carboxylic acids is 2. The molecule has 1 aromatic carbocycles. The molecule has 0 bridgehead atoms. The van der Waals surface area contributed by atoms with Crippen LogP contribution in [0.2, 0.25) is 0 Å². The van der Waals surface area contributed by atoms with Crippen molar-refractivity contribution >= 4 is 12.0 Å². The number of nitrogens with one attached hydrogen (secondary N) is 1. The molecule has 0 radical (unpaired) electrons. The predicted molar refractivity (Wildman–Crippen MR) is 84.3 cm³/mol. The van der Waals surface area contributed by atoms with Gasteiger partial charge in [-0.25, -0.2) is 4.79 Å². The van der Waals surface area contributed by atoms with Gasteiger partial charge in [0, 0.05) is 13.1 Å². The number of carbonyl (C=O) groups is 2. The first-order valence-corrected chi connectivity index (χ1v) is 7.97. The molecule has 1 fully saturated rings. The molecule has 5 heteroatoms. The molecule has 1 aliphatic heterocycles. The van der Waals surface area contributed by atoms with Crippen molar-refractivity contribution in [2.75, 3.05) is 13.1 Å². The number of benzene rings is 1. The van der Waals surface area contributed by atoms with Crippen LogP contribution in [-0.2, 0) is 16.1 Å². The van der Waals surface area contributed by atoms with Gasteiger partial charge in [-0.15, -0.1) is 0 Å². The first-order chi connectivity index (χ1) is 10.7. The lowest BCUT2D eigenvalue weighted by Crippen LogP contribution is -2.46. The summed E-state index contributed by atoms with van der Waals surface area (Å²) in [4.78, 5) is 25.9. The average Bonchev–Trinajstić information content (AvgIpc) is 3.03. The van der Waals surface area contributed by atoms with Crippen LogP contribution in [0.1, 0.15) is 38.2 Å². The van der Waals surface area contributed by atoms with E-state index in [2.05, 4.69) is 12.2 Å². The highest BCUT2D eigenvalue weighted by Crippen LogP contribution is 2.19. The maximum absolute atomic E-state index is 12.2. The average molecular weight is 304 g/mol. The molecule has 0 aromatic heterocycles. The van der Waals surface area contributed by atoms with Crippen molar-refractivity contribution in [2.45, 2.75) is 45.3 Å². The van der Waals surface area contributed by atoms with Crippen LogP contribution in [0.25, 0.3) is 0 Å². The van der Waals surface area contributed by atoms with Gasteiger partial charge in [-0.05, 0) is 24.8 Å². The van der Waals surface area contributed by atoms with E-state index in [1.54, 1.807) is 4.90 Å². The van der Waals surface area contributed by atoms with E-state index in [1.165, 1.54) is 0 Å². The second-order valence-electron chi connectivity index (χ2n) is 5.54. The van der Waals surface area contributed by atoms with Crippen LogP contribution in [-0.4, -0.2) is 36.0 Å². The quantitative estimate of drug-likeness (QED) is 0.822. The van der Waals surface area contributed by atoms with Gasteiger partial charge in [-0.2, -0.15) is 0 Å². The van der Waals surface area contributed by atoms with E-state index < -0.39 is 6.09 Å². The van der Waals surface area contributed by atoms with Crippen molar-refractivity contribution in [2.24, 2.45) is 0 Å². The molecule has 1 N–H and O–H groups in total. The molecule has 120 valence electrons. The Balaban J connectivity index is 1.84. The number of rotatable bonds is 6. The lowest BCUT2D eigenvalue weighted by molar-refractivity contribution is -0.125. The third-order valence-corrected chi connectivity index (χ3v) is 3.82. The van der Waals surface area contributed by atoms with Gasteiger partial charge >= 0.3 is 6.09 Å². The van der Waals surface area contributed by atoms with Gasteiger partial charge in [0.05, 0.1) is 0 Å². The Morgan fingerprint density at radius 1 is 1.32 bits per heavy atom. The van der Waals surface area contributed by atoms with E-state index in [1.807, 2.05) is 30.3 Å². The molecular weight excluding hydrogens is 280 g/mol. The van der Waals surface area contributed by atoms with E-state index in [4.69, 9.17) is 4.74 Å². The number of amides is 2. The Morgan fingerprint density at radius 2 is 2.09 bits per heavy atom. The lowest BCUT2D eigenvalue weighted by atomic mass is 10.2. The molecule has 1 heterocycles. The summed E-state index contributed by atoms with van der Waals surface area (Å²) in [5.74, 6) is -0.0670. The van der Waals surface area contributed by atoms with Gasteiger partial charge in [0.15, 0.2) is 0 Å². The molecule has 2 rings (SSSR count). The number of likely N-dealkylation sites (tertiary alicyclic amines) is 1. The van der Waals surface area contributed by atoms with Crippen LogP contribution in [0, 0.1) is 0 Å². The number of unbranched alkanes of at least 4 members (excludes halogenated alkanes) is 1. The zero-order chi connectivity index (χ0) is 15.8. The molecule has 0 aliphatic carbocycles. The van der Waals surface area contributed by atoms with Crippen molar-refractivity contribution in [3.8, 4) is 0 Å². The smallest absolute Gasteiger partial charge is 0.410 e. The Hall–Kier alpha value is -2.04. The van der Waals surface area contributed by atoms with Crippen molar-refractivity contribution in [3.05, 3.63) is 35.9 Å². The first-order valence-electron chi connectivity index (χ1n) is 7.97. The van der Waals surface area contributed by atoms with E-state index in [0.29, 0.717) is 19.5 Å². The van der Waals surface area contributed by atoms with Crippen LogP contribution in [0.4, 0.5) is 4.79 Å². The third-order valence-electron chi connectivity index (χ3n) is 3.82. The summed E-state index contributed by atoms with van der Waals surface area (Å²) in [6.07, 6.45) is 3.13. The Kier molecular flexibility index (Phi) is 6.25. The van der Waals surface area contributed by atoms with Gasteiger partial charge in [-0.1, -0.05) is 43.7 Å². The van der Waals surface area contributed by atoms with Crippen molar-refractivity contribution in [3.63, 3.8) is 0 Å². The summed E-state index contributed by atoms with van der Waals surface area (Å²) in [5.41, 5.74) is 0.944. The minimum atomic E-state index is -0.406. The molecule has 1 saturated heterocycles. The van der Waals surface area contributed by atoms with Crippen LogP contribution < -0.4 is 5.32 Å². The summed E-state index contributed by atoms with van der Waals surface area (Å²) in [6.45, 7) is 3.56. The van der Waals surface area contributed by atoms with Gasteiger partial charge in [0.1, 0.15) is 12.6 Å². The van der Waals surface area contributed by atoms with E-state index >= 15 is 0 Å². The molecule has 0 saturated carbocycles. The maximum atomic E-state index is 12.2. The van der Waals surface area contributed by atoms with E-state index in [0.717, 1.165) is 24.8 Å². The Labute approximate surface area is 131 Å². The van der Waals surface area contributed by atoms with E-state index in [9.17, 15) is 9.59 Å². The van der Waals surface area contributed by atoms with Crippen molar-refractivity contribution < 1.29 is 14.3 Å². The number of hydrogen-bond donors (Lipinski definition) is 1. The Bertz CT molecular complexity index is 490. The molecule has 1 aromatic rings. The van der Waals surface area contributed by atoms with Crippen LogP contribution >= 0.6 is 0 Å².